The van der Waals surface area contributed by atoms with Crippen molar-refractivity contribution in [2.45, 2.75) is 0 Å². The molecule has 0 bridgehead atoms. The molecular weight excluding hydrogens is 108 g/mol. The highest BCUT2D eigenvalue weighted by Crippen LogP contribution is 2.02. The van der Waals surface area contributed by atoms with Crippen molar-refractivity contribution in [3.63, 3.8) is 0 Å². The van der Waals surface area contributed by atoms with Crippen molar-refractivity contribution in [2.75, 3.05) is 7.11 Å². The molecule has 1 aliphatic rings. The molecule has 2 heteroatoms. The summed E-state index contributed by atoms with van der Waals surface area (Å²) in [6.45, 7) is 0. The van der Waals surface area contributed by atoms with Gasteiger partial charge in [-0.3, -0.25) is 0 Å². The molecule has 1 heterocycles. The molecule has 0 saturated heterocycles. The summed E-state index contributed by atoms with van der Waals surface area (Å²) in [5.74, 6) is 0.849. The number of hydrogen-bond donors (Lipinski definition) is 1. The van der Waals surface area contributed by atoms with E-state index >= 15 is 0 Å². The van der Waals surface area contributed by atoms with Crippen LogP contribution in [0.3, 0.4) is 0 Å². The molecule has 0 N–H and O–H groups in total. The van der Waals surface area contributed by atoms with Crippen molar-refractivity contribution in [1.82, 2.24) is 0 Å². The van der Waals surface area contributed by atoms with E-state index in [4.69, 9.17) is 4.74 Å². The van der Waals surface area contributed by atoms with Crippen molar-refractivity contribution in [3.8, 4) is 0 Å². The Labute approximate surface area is 46.3 Å². The first-order chi connectivity index (χ1) is 3.43. The quantitative estimate of drug-likeness (QED) is 0.394. The minimum absolute atomic E-state index is 0.849. The van der Waals surface area contributed by atoms with Gasteiger partial charge in [0.1, 0.15) is 0 Å². The van der Waals surface area contributed by atoms with Crippen LogP contribution in [0.25, 0.3) is 0 Å². The van der Waals surface area contributed by atoms with E-state index in [0.717, 1.165) is 17.1 Å². The van der Waals surface area contributed by atoms with Crippen LogP contribution in [0.5, 0.6) is 0 Å². The van der Waals surface area contributed by atoms with Gasteiger partial charge in [-0.25, -0.2) is 0 Å². The Morgan fingerprint density at radius 2 is 2.71 bits per heavy atom. The number of ether oxygens (including phenoxy) is 1. The predicted octanol–water partition coefficient (Wildman–Crippen LogP) is 0.911. The lowest BCUT2D eigenvalue weighted by atomic mass is 10.6. The minimum Gasteiger partial charge on any atom is -0.489 e. The molecule has 1 nitrogen and oxygen atoms in total. The minimum atomic E-state index is 0.849. The number of allylic oxidation sites excluding steroid dienone is 1. The number of thiol groups is 1. The lowest BCUT2D eigenvalue weighted by Gasteiger charge is -1.87. The fourth-order valence-electron chi connectivity index (χ4n) is 0.357. The molecule has 0 aromatic heterocycles. The van der Waals surface area contributed by atoms with E-state index in [-0.39, 0.29) is 0 Å². The van der Waals surface area contributed by atoms with Gasteiger partial charge in [0, 0.05) is 0 Å². The molecule has 1 rings (SSSR count). The molecule has 7 heavy (non-hydrogen) atoms. The van der Waals surface area contributed by atoms with Crippen LogP contribution in [0.4, 0.5) is 0 Å². The summed E-state index contributed by atoms with van der Waals surface area (Å²) in [6, 6.07) is 0. The Morgan fingerprint density at radius 3 is 3.00 bits per heavy atom. The smallest absolute Gasteiger partial charge is 0.168 e. The Hall–Kier alpha value is -0.460. The third-order valence-electron chi connectivity index (χ3n) is 0.695. The molecule has 0 unspecified atom stereocenters. The molecule has 0 amide bonds. The highest BCUT2D eigenvalue weighted by molar-refractivity contribution is 8.00. The molecular formula is C5H6OS. The fourth-order valence-corrected chi connectivity index (χ4v) is 0.934. The van der Waals surface area contributed by atoms with Crippen molar-refractivity contribution in [3.05, 3.63) is 17.2 Å². The molecule has 38 valence electrons. The van der Waals surface area contributed by atoms with Crippen LogP contribution in [0.15, 0.2) is 17.2 Å². The molecule has 1 aliphatic heterocycles. The van der Waals surface area contributed by atoms with E-state index in [9.17, 15) is 0 Å². The Kier molecular flexibility index (Phi) is 1.35. The van der Waals surface area contributed by atoms with E-state index < -0.39 is 0 Å². The van der Waals surface area contributed by atoms with Gasteiger partial charge in [-0.1, -0.05) is 0 Å². The maximum Gasteiger partial charge on any atom is 0.168 e. The lowest BCUT2D eigenvalue weighted by Crippen LogP contribution is -1.76. The van der Waals surface area contributed by atoms with Gasteiger partial charge in [-0.05, 0) is 16.5 Å². The van der Waals surface area contributed by atoms with Crippen molar-refractivity contribution >= 4 is 16.4 Å². The monoisotopic (exact) mass is 114 g/mol. The fraction of sp³-hybridized carbons (Fsp3) is 0.200. The zero-order valence-electron chi connectivity index (χ0n) is 4.01. The maximum absolute atomic E-state index is 4.82. The van der Waals surface area contributed by atoms with Crippen molar-refractivity contribution in [2.24, 2.45) is 0 Å². The topological polar surface area (TPSA) is 9.23 Å². The third-order valence-corrected chi connectivity index (χ3v) is 1.34. The van der Waals surface area contributed by atoms with Crippen LogP contribution in [0.2, 0.25) is 0 Å². The van der Waals surface area contributed by atoms with Gasteiger partial charge in [0.2, 0.25) is 0 Å². The average molecular weight is 114 g/mol. The maximum atomic E-state index is 4.82. The summed E-state index contributed by atoms with van der Waals surface area (Å²) in [7, 11) is 1.65. The zero-order valence-corrected chi connectivity index (χ0v) is 4.90. The van der Waals surface area contributed by atoms with Gasteiger partial charge in [0.25, 0.3) is 0 Å². The average Bonchev–Trinajstić information content (AvgIpc) is 2.14. The van der Waals surface area contributed by atoms with E-state index in [1.165, 1.54) is 0 Å². The van der Waals surface area contributed by atoms with Crippen LogP contribution >= 0.6 is 11.4 Å². The van der Waals surface area contributed by atoms with Crippen molar-refractivity contribution < 1.29 is 4.74 Å². The molecule has 0 spiro atoms. The lowest BCUT2D eigenvalue weighted by molar-refractivity contribution is 0.314. The van der Waals surface area contributed by atoms with E-state index in [1.807, 2.05) is 11.5 Å². The predicted molar refractivity (Wildman–Crippen MR) is 33.7 cm³/mol. The van der Waals surface area contributed by atoms with Gasteiger partial charge < -0.3 is 4.74 Å². The summed E-state index contributed by atoms with van der Waals surface area (Å²) in [6.07, 6.45) is 1.90. The second-order valence-corrected chi connectivity index (χ2v) is 1.90. The number of methoxy groups -OCH3 is 1. The van der Waals surface area contributed by atoms with Gasteiger partial charge in [-0.15, -0.1) is 11.4 Å². The SMILES string of the molecule is COC1=C=[SH]C=C1. The first kappa shape index (κ1) is 4.69. The van der Waals surface area contributed by atoms with E-state index in [2.05, 4.69) is 5.02 Å². The van der Waals surface area contributed by atoms with Crippen LogP contribution < -0.4 is 0 Å². The molecule has 0 aliphatic carbocycles. The molecule has 0 aromatic rings. The highest BCUT2D eigenvalue weighted by Gasteiger charge is 1.85. The molecule has 0 fully saturated rings. The first-order valence-corrected chi connectivity index (χ1v) is 2.93. The molecule has 0 saturated carbocycles. The molecule has 0 aromatic carbocycles. The normalized spacial score (nSPS) is 15.9. The number of rotatable bonds is 1. The Balaban J connectivity index is 2.72. The Morgan fingerprint density at radius 1 is 1.86 bits per heavy atom. The van der Waals surface area contributed by atoms with Gasteiger partial charge >= 0.3 is 0 Å². The molecule has 0 atom stereocenters. The van der Waals surface area contributed by atoms with E-state index in [1.54, 1.807) is 7.11 Å². The van der Waals surface area contributed by atoms with Crippen LogP contribution in [0.1, 0.15) is 0 Å². The van der Waals surface area contributed by atoms with Crippen LogP contribution in [-0.2, 0) is 4.74 Å². The zero-order chi connectivity index (χ0) is 5.11. The summed E-state index contributed by atoms with van der Waals surface area (Å²) < 4.78 is 4.82. The van der Waals surface area contributed by atoms with E-state index in [0.29, 0.717) is 0 Å². The summed E-state index contributed by atoms with van der Waals surface area (Å²) in [5, 5.41) is 4.95. The van der Waals surface area contributed by atoms with Crippen LogP contribution in [0, 0.1) is 0 Å². The number of hydrogen-bond acceptors (Lipinski definition) is 1. The standard InChI is InChI=1S/C5H6OS/c1-6-5-2-3-7-4-5/h2-3,7H,1H3. The van der Waals surface area contributed by atoms with Gasteiger partial charge in [0.15, 0.2) is 5.76 Å². The summed E-state index contributed by atoms with van der Waals surface area (Å²) >= 11 is 1.11. The Bertz CT molecular complexity index is 151. The second kappa shape index (κ2) is 2.01. The molecule has 0 radical (unpaired) electrons. The summed E-state index contributed by atoms with van der Waals surface area (Å²) in [4.78, 5) is 0. The first-order valence-electron chi connectivity index (χ1n) is 1.97. The van der Waals surface area contributed by atoms with Gasteiger partial charge in [0.05, 0.1) is 7.11 Å². The van der Waals surface area contributed by atoms with Crippen molar-refractivity contribution in [1.29, 1.82) is 0 Å². The van der Waals surface area contributed by atoms with Crippen LogP contribution in [-0.4, -0.2) is 12.1 Å². The van der Waals surface area contributed by atoms with Gasteiger partial charge in [-0.2, -0.15) is 0 Å². The highest BCUT2D eigenvalue weighted by atomic mass is 32.1. The summed E-state index contributed by atoms with van der Waals surface area (Å²) in [5.41, 5.74) is 0. The third kappa shape index (κ3) is 0.952. The second-order valence-electron chi connectivity index (χ2n) is 1.13. The largest absolute Gasteiger partial charge is 0.489 e.